The van der Waals surface area contributed by atoms with Gasteiger partial charge < -0.3 is 5.11 Å². The number of halogens is 3. The summed E-state index contributed by atoms with van der Waals surface area (Å²) in [5.41, 5.74) is 0.281. The van der Waals surface area contributed by atoms with E-state index in [0.29, 0.717) is 16.3 Å². The maximum Gasteiger partial charge on any atom is 0.416 e. The second-order valence-electron chi connectivity index (χ2n) is 5.38. The summed E-state index contributed by atoms with van der Waals surface area (Å²) in [6.45, 7) is 1.45. The van der Waals surface area contributed by atoms with E-state index in [1.165, 1.54) is 30.4 Å². The Morgan fingerprint density at radius 3 is 2.42 bits per heavy atom. The number of aromatic nitrogens is 1. The molecule has 1 aromatic carbocycles. The van der Waals surface area contributed by atoms with Gasteiger partial charge in [0.1, 0.15) is 10.8 Å². The zero-order valence-corrected chi connectivity index (χ0v) is 13.4. The molecule has 8 heteroatoms. The number of thiazole rings is 1. The summed E-state index contributed by atoms with van der Waals surface area (Å²) in [7, 11) is 0. The van der Waals surface area contributed by atoms with Gasteiger partial charge in [-0.15, -0.1) is 11.3 Å². The normalized spacial score (nSPS) is 12.8. The summed E-state index contributed by atoms with van der Waals surface area (Å²) < 4.78 is 37.6. The molecule has 1 N–H and O–H groups in total. The van der Waals surface area contributed by atoms with Crippen LogP contribution in [0.5, 0.6) is 0 Å². The Morgan fingerprint density at radius 2 is 1.88 bits per heavy atom. The van der Waals surface area contributed by atoms with Gasteiger partial charge in [-0.25, -0.2) is 4.98 Å². The second-order valence-corrected chi connectivity index (χ2v) is 6.24. The number of carboxylic acid groups (broad SMARTS) is 1. The highest BCUT2D eigenvalue weighted by Gasteiger charge is 2.30. The first-order valence-electron chi connectivity index (χ1n) is 7.03. The van der Waals surface area contributed by atoms with Gasteiger partial charge in [0.05, 0.1) is 17.2 Å². The molecule has 128 valence electrons. The van der Waals surface area contributed by atoms with Gasteiger partial charge in [-0.3, -0.25) is 9.59 Å². The molecule has 0 unspecified atom stereocenters. The Hall–Kier alpha value is -2.22. The number of Topliss-reactive ketones (excluding diaryl/α,β-unsaturated/α-hetero) is 1. The third-order valence-corrected chi connectivity index (χ3v) is 4.28. The van der Waals surface area contributed by atoms with Crippen LogP contribution in [-0.4, -0.2) is 21.8 Å². The number of carboxylic acids is 1. The van der Waals surface area contributed by atoms with Gasteiger partial charge in [-0.05, 0) is 12.1 Å². The molecule has 0 amide bonds. The SMILES string of the molecule is C[C@@H](CC(=O)Cc1csc(-c2ccc(C(F)(F)F)cc2)n1)C(=O)O. The van der Waals surface area contributed by atoms with E-state index in [0.717, 1.165) is 12.1 Å². The van der Waals surface area contributed by atoms with Crippen molar-refractivity contribution >= 4 is 23.1 Å². The Morgan fingerprint density at radius 1 is 1.25 bits per heavy atom. The molecule has 1 aromatic heterocycles. The molecule has 1 atom stereocenters. The van der Waals surface area contributed by atoms with Gasteiger partial charge in [0, 0.05) is 23.8 Å². The minimum absolute atomic E-state index is 0.00869. The van der Waals surface area contributed by atoms with Gasteiger partial charge in [-0.1, -0.05) is 19.1 Å². The van der Waals surface area contributed by atoms with Gasteiger partial charge in [-0.2, -0.15) is 13.2 Å². The number of carbonyl (C=O) groups excluding carboxylic acids is 1. The average molecular weight is 357 g/mol. The topological polar surface area (TPSA) is 67.3 Å². The highest BCUT2D eigenvalue weighted by Crippen LogP contribution is 2.31. The lowest BCUT2D eigenvalue weighted by molar-refractivity contribution is -0.143. The summed E-state index contributed by atoms with van der Waals surface area (Å²) >= 11 is 1.22. The van der Waals surface area contributed by atoms with E-state index in [1.807, 2.05) is 0 Å². The van der Waals surface area contributed by atoms with E-state index >= 15 is 0 Å². The first-order chi connectivity index (χ1) is 11.2. The lowest BCUT2D eigenvalue weighted by Crippen LogP contribution is -2.16. The number of benzene rings is 1. The Kier molecular flexibility index (Phi) is 5.38. The molecule has 0 saturated carbocycles. The van der Waals surface area contributed by atoms with Crippen LogP contribution in [0.4, 0.5) is 13.2 Å². The van der Waals surface area contributed by atoms with Crippen molar-refractivity contribution in [3.05, 3.63) is 40.9 Å². The standard InChI is InChI=1S/C16H14F3NO3S/c1-9(15(22)23)6-13(21)7-12-8-24-14(20-12)10-2-4-11(5-3-10)16(17,18)19/h2-5,8-9H,6-7H2,1H3,(H,22,23)/t9-/m0/s1. The highest BCUT2D eigenvalue weighted by atomic mass is 32.1. The van der Waals surface area contributed by atoms with E-state index in [1.54, 1.807) is 5.38 Å². The van der Waals surface area contributed by atoms with Crippen LogP contribution in [0.3, 0.4) is 0 Å². The van der Waals surface area contributed by atoms with Crippen LogP contribution in [0.1, 0.15) is 24.6 Å². The molecule has 2 aromatic rings. The first kappa shape index (κ1) is 18.1. The van der Waals surface area contributed by atoms with Crippen molar-refractivity contribution in [2.24, 2.45) is 5.92 Å². The number of rotatable bonds is 6. The van der Waals surface area contributed by atoms with E-state index in [4.69, 9.17) is 5.11 Å². The zero-order chi connectivity index (χ0) is 17.9. The zero-order valence-electron chi connectivity index (χ0n) is 12.6. The smallest absolute Gasteiger partial charge is 0.416 e. The highest BCUT2D eigenvalue weighted by molar-refractivity contribution is 7.13. The molecule has 0 saturated heterocycles. The van der Waals surface area contributed by atoms with Crippen LogP contribution in [0, 0.1) is 5.92 Å². The van der Waals surface area contributed by atoms with Crippen LogP contribution in [0.15, 0.2) is 29.6 Å². The number of aliphatic carboxylic acids is 1. The van der Waals surface area contributed by atoms with Crippen molar-refractivity contribution in [2.45, 2.75) is 25.9 Å². The van der Waals surface area contributed by atoms with Crippen molar-refractivity contribution in [2.75, 3.05) is 0 Å². The summed E-state index contributed by atoms with van der Waals surface area (Å²) in [5, 5.41) is 10.9. The summed E-state index contributed by atoms with van der Waals surface area (Å²) in [4.78, 5) is 26.8. The molecule has 2 rings (SSSR count). The lowest BCUT2D eigenvalue weighted by atomic mass is 10.0. The van der Waals surface area contributed by atoms with E-state index in [-0.39, 0.29) is 18.6 Å². The van der Waals surface area contributed by atoms with Crippen LogP contribution < -0.4 is 0 Å². The van der Waals surface area contributed by atoms with Crippen LogP contribution in [0.25, 0.3) is 10.6 Å². The minimum Gasteiger partial charge on any atom is -0.481 e. The maximum absolute atomic E-state index is 12.5. The largest absolute Gasteiger partial charge is 0.481 e. The summed E-state index contributed by atoms with van der Waals surface area (Å²) in [6.07, 6.45) is -4.46. The fourth-order valence-electron chi connectivity index (χ4n) is 2.03. The van der Waals surface area contributed by atoms with Gasteiger partial charge in [0.2, 0.25) is 0 Å². The number of hydrogen-bond donors (Lipinski definition) is 1. The molecule has 24 heavy (non-hydrogen) atoms. The average Bonchev–Trinajstić information content (AvgIpc) is 2.94. The van der Waals surface area contributed by atoms with Crippen molar-refractivity contribution in [1.82, 2.24) is 4.98 Å². The van der Waals surface area contributed by atoms with Crippen LogP contribution in [-0.2, 0) is 22.2 Å². The first-order valence-corrected chi connectivity index (χ1v) is 7.91. The van der Waals surface area contributed by atoms with E-state index in [9.17, 15) is 22.8 Å². The van der Waals surface area contributed by atoms with Crippen LogP contribution in [0.2, 0.25) is 0 Å². The van der Waals surface area contributed by atoms with Gasteiger partial charge in [0.25, 0.3) is 0 Å². The fraction of sp³-hybridized carbons (Fsp3) is 0.312. The second kappa shape index (κ2) is 7.12. The number of alkyl halides is 3. The van der Waals surface area contributed by atoms with E-state index < -0.39 is 23.6 Å². The van der Waals surface area contributed by atoms with Crippen molar-refractivity contribution < 1.29 is 27.9 Å². The Bertz CT molecular complexity index is 738. The lowest BCUT2D eigenvalue weighted by Gasteiger charge is -2.06. The molecule has 0 aliphatic heterocycles. The van der Waals surface area contributed by atoms with Crippen molar-refractivity contribution in [3.63, 3.8) is 0 Å². The Balaban J connectivity index is 2.05. The predicted octanol–water partition coefficient (Wildman–Crippen LogP) is 4.05. The number of nitrogens with zero attached hydrogens (tertiary/aromatic N) is 1. The molecular weight excluding hydrogens is 343 g/mol. The molecule has 0 bridgehead atoms. The summed E-state index contributed by atoms with van der Waals surface area (Å²) in [5.74, 6) is -2.04. The molecule has 4 nitrogen and oxygen atoms in total. The van der Waals surface area contributed by atoms with Crippen LogP contribution >= 0.6 is 11.3 Å². The molecule has 0 spiro atoms. The summed E-state index contributed by atoms with van der Waals surface area (Å²) in [6, 6.07) is 4.63. The maximum atomic E-state index is 12.5. The Labute approximate surface area is 140 Å². The molecule has 0 fully saturated rings. The minimum atomic E-state index is -4.39. The van der Waals surface area contributed by atoms with E-state index in [2.05, 4.69) is 4.98 Å². The number of ketones is 1. The predicted molar refractivity (Wildman–Crippen MR) is 82.7 cm³/mol. The quantitative estimate of drug-likeness (QED) is 0.847. The van der Waals surface area contributed by atoms with Crippen molar-refractivity contribution in [1.29, 1.82) is 0 Å². The number of hydrogen-bond acceptors (Lipinski definition) is 4. The fourth-order valence-corrected chi connectivity index (χ4v) is 2.85. The van der Waals surface area contributed by atoms with Gasteiger partial charge >= 0.3 is 12.1 Å². The third kappa shape index (κ3) is 4.64. The molecule has 0 radical (unpaired) electrons. The van der Waals surface area contributed by atoms with Gasteiger partial charge in [0.15, 0.2) is 0 Å². The monoisotopic (exact) mass is 357 g/mol. The van der Waals surface area contributed by atoms with Crippen molar-refractivity contribution in [3.8, 4) is 10.6 Å². The molecular formula is C16H14F3NO3S. The molecule has 0 aliphatic rings. The number of carbonyl (C=O) groups is 2. The molecule has 1 heterocycles. The molecule has 0 aliphatic carbocycles. The third-order valence-electron chi connectivity index (χ3n) is 3.34.